The van der Waals surface area contributed by atoms with Crippen molar-refractivity contribution in [1.82, 2.24) is 15.5 Å². The maximum Gasteiger partial charge on any atom is 0.225 e. The molecule has 0 aliphatic carbocycles. The summed E-state index contributed by atoms with van der Waals surface area (Å²) in [6.45, 7) is 7.79. The first kappa shape index (κ1) is 19.2. The average Bonchev–Trinajstić information content (AvgIpc) is 2.61. The van der Waals surface area contributed by atoms with Crippen LogP contribution in [0, 0.1) is 11.8 Å². The smallest absolute Gasteiger partial charge is 0.225 e. The van der Waals surface area contributed by atoms with Gasteiger partial charge in [0.05, 0.1) is 5.92 Å². The van der Waals surface area contributed by atoms with Gasteiger partial charge in [-0.05, 0) is 64.5 Å². The number of piperidine rings is 2. The molecule has 0 aromatic heterocycles. The van der Waals surface area contributed by atoms with E-state index in [-0.39, 0.29) is 23.8 Å². The molecule has 2 aliphatic heterocycles. The summed E-state index contributed by atoms with van der Waals surface area (Å²) >= 11 is 0. The molecule has 5 heteroatoms. The zero-order valence-corrected chi connectivity index (χ0v) is 15.5. The lowest BCUT2D eigenvalue weighted by Crippen LogP contribution is -2.47. The molecule has 0 aromatic rings. The van der Waals surface area contributed by atoms with Crippen LogP contribution in [-0.4, -0.2) is 48.9 Å². The van der Waals surface area contributed by atoms with E-state index in [0.717, 1.165) is 51.7 Å². The second-order valence-electron chi connectivity index (χ2n) is 7.61. The minimum Gasteiger partial charge on any atom is -0.353 e. The molecule has 5 nitrogen and oxygen atoms in total. The summed E-state index contributed by atoms with van der Waals surface area (Å²) < 4.78 is 0. The van der Waals surface area contributed by atoms with Gasteiger partial charge in [0.1, 0.15) is 0 Å². The van der Waals surface area contributed by atoms with Gasteiger partial charge in [-0.2, -0.15) is 0 Å². The molecule has 0 radical (unpaired) electrons. The summed E-state index contributed by atoms with van der Waals surface area (Å²) in [7, 11) is 0. The van der Waals surface area contributed by atoms with Crippen molar-refractivity contribution in [2.75, 3.05) is 26.2 Å². The Morgan fingerprint density at radius 1 is 1.25 bits per heavy atom. The molecule has 2 aliphatic rings. The zero-order valence-electron chi connectivity index (χ0n) is 15.5. The van der Waals surface area contributed by atoms with Gasteiger partial charge in [-0.25, -0.2) is 0 Å². The third-order valence-electron chi connectivity index (χ3n) is 5.48. The minimum atomic E-state index is -0.0270. The molecule has 2 unspecified atom stereocenters. The van der Waals surface area contributed by atoms with E-state index < -0.39 is 0 Å². The van der Waals surface area contributed by atoms with Gasteiger partial charge in [-0.1, -0.05) is 13.3 Å². The lowest BCUT2D eigenvalue weighted by molar-refractivity contribution is -0.136. The molecule has 2 rings (SSSR count). The first-order valence-electron chi connectivity index (χ1n) is 9.89. The quantitative estimate of drug-likeness (QED) is 0.749. The molecule has 0 bridgehead atoms. The van der Waals surface area contributed by atoms with Gasteiger partial charge in [0.25, 0.3) is 0 Å². The second kappa shape index (κ2) is 10.0. The lowest BCUT2D eigenvalue weighted by Gasteiger charge is -2.33. The summed E-state index contributed by atoms with van der Waals surface area (Å²) in [4.78, 5) is 26.8. The summed E-state index contributed by atoms with van der Waals surface area (Å²) in [5, 5.41) is 6.48. The van der Waals surface area contributed by atoms with E-state index >= 15 is 0 Å². The number of hydrogen-bond donors (Lipinski definition) is 2. The monoisotopic (exact) mass is 337 g/mol. The van der Waals surface area contributed by atoms with Crippen molar-refractivity contribution < 1.29 is 9.59 Å². The van der Waals surface area contributed by atoms with Crippen molar-refractivity contribution in [3.05, 3.63) is 0 Å². The highest BCUT2D eigenvalue weighted by atomic mass is 16.2. The van der Waals surface area contributed by atoms with Crippen LogP contribution in [0.3, 0.4) is 0 Å². The van der Waals surface area contributed by atoms with Gasteiger partial charge in [0, 0.05) is 25.6 Å². The molecular weight excluding hydrogens is 302 g/mol. The van der Waals surface area contributed by atoms with Crippen LogP contribution >= 0.6 is 0 Å². The third-order valence-corrected chi connectivity index (χ3v) is 5.48. The standard InChI is InChI=1S/C19H35N3O2/c1-3-5-15(2)21-19(24)17-6-4-13-22(14-17)18(23)8-7-16-9-11-20-12-10-16/h15-17,20H,3-14H2,1-2H3,(H,21,24). The molecule has 2 saturated heterocycles. The number of rotatable bonds is 7. The fourth-order valence-electron chi connectivity index (χ4n) is 3.94. The number of carbonyl (C=O) groups is 2. The number of nitrogens with one attached hydrogen (secondary N) is 2. The third kappa shape index (κ3) is 6.08. The SMILES string of the molecule is CCCC(C)NC(=O)C1CCCN(C(=O)CCC2CCNCC2)C1. The van der Waals surface area contributed by atoms with Crippen molar-refractivity contribution >= 4 is 11.8 Å². The Kier molecular flexibility index (Phi) is 8.03. The van der Waals surface area contributed by atoms with Gasteiger partial charge in [-0.15, -0.1) is 0 Å². The lowest BCUT2D eigenvalue weighted by atomic mass is 9.92. The Bertz CT molecular complexity index is 407. The number of carbonyl (C=O) groups excluding carboxylic acids is 2. The van der Waals surface area contributed by atoms with Crippen LogP contribution in [0.5, 0.6) is 0 Å². The largest absolute Gasteiger partial charge is 0.353 e. The molecule has 2 fully saturated rings. The Morgan fingerprint density at radius 3 is 2.71 bits per heavy atom. The normalized spacial score (nSPS) is 23.8. The van der Waals surface area contributed by atoms with E-state index in [1.807, 2.05) is 4.90 Å². The van der Waals surface area contributed by atoms with Crippen LogP contribution in [0.2, 0.25) is 0 Å². The van der Waals surface area contributed by atoms with Crippen molar-refractivity contribution in [2.24, 2.45) is 11.8 Å². The van der Waals surface area contributed by atoms with Crippen LogP contribution in [0.4, 0.5) is 0 Å². The van der Waals surface area contributed by atoms with E-state index in [2.05, 4.69) is 24.5 Å². The maximum atomic E-state index is 12.5. The Morgan fingerprint density at radius 2 is 2.00 bits per heavy atom. The predicted octanol–water partition coefficient (Wildman–Crippen LogP) is 2.31. The van der Waals surface area contributed by atoms with Crippen molar-refractivity contribution in [2.45, 2.75) is 71.3 Å². The van der Waals surface area contributed by atoms with E-state index in [0.29, 0.717) is 18.9 Å². The number of likely N-dealkylation sites (tertiary alicyclic amines) is 1. The number of amides is 2. The Balaban J connectivity index is 1.74. The molecule has 0 aromatic carbocycles. The molecule has 0 spiro atoms. The van der Waals surface area contributed by atoms with Crippen LogP contribution < -0.4 is 10.6 Å². The topological polar surface area (TPSA) is 61.4 Å². The molecule has 0 saturated carbocycles. The fraction of sp³-hybridized carbons (Fsp3) is 0.895. The Labute approximate surface area is 146 Å². The summed E-state index contributed by atoms with van der Waals surface area (Å²) in [5.41, 5.74) is 0. The van der Waals surface area contributed by atoms with Crippen LogP contribution in [-0.2, 0) is 9.59 Å². The van der Waals surface area contributed by atoms with Gasteiger partial charge in [-0.3, -0.25) is 9.59 Å². The van der Waals surface area contributed by atoms with E-state index in [9.17, 15) is 9.59 Å². The second-order valence-corrected chi connectivity index (χ2v) is 7.61. The van der Waals surface area contributed by atoms with Crippen molar-refractivity contribution in [3.63, 3.8) is 0 Å². The Hall–Kier alpha value is -1.10. The fourth-order valence-corrected chi connectivity index (χ4v) is 3.94. The van der Waals surface area contributed by atoms with E-state index in [4.69, 9.17) is 0 Å². The van der Waals surface area contributed by atoms with Crippen molar-refractivity contribution in [3.8, 4) is 0 Å². The van der Waals surface area contributed by atoms with Crippen molar-refractivity contribution in [1.29, 1.82) is 0 Å². The van der Waals surface area contributed by atoms with Gasteiger partial charge in [0.2, 0.25) is 11.8 Å². The first-order chi connectivity index (χ1) is 11.6. The highest BCUT2D eigenvalue weighted by molar-refractivity contribution is 5.81. The van der Waals surface area contributed by atoms with Crippen LogP contribution in [0.15, 0.2) is 0 Å². The van der Waals surface area contributed by atoms with Gasteiger partial charge < -0.3 is 15.5 Å². The average molecular weight is 338 g/mol. The molecule has 2 heterocycles. The van der Waals surface area contributed by atoms with Crippen LogP contribution in [0.1, 0.15) is 65.2 Å². The number of hydrogen-bond acceptors (Lipinski definition) is 3. The summed E-state index contributed by atoms with van der Waals surface area (Å²) in [6, 6.07) is 0.230. The maximum absolute atomic E-state index is 12.5. The molecule has 2 atom stereocenters. The van der Waals surface area contributed by atoms with Gasteiger partial charge in [0.15, 0.2) is 0 Å². The highest BCUT2D eigenvalue weighted by Crippen LogP contribution is 2.21. The highest BCUT2D eigenvalue weighted by Gasteiger charge is 2.29. The molecule has 2 N–H and O–H groups in total. The zero-order chi connectivity index (χ0) is 17.4. The van der Waals surface area contributed by atoms with E-state index in [1.165, 1.54) is 12.8 Å². The van der Waals surface area contributed by atoms with E-state index in [1.54, 1.807) is 0 Å². The molecule has 24 heavy (non-hydrogen) atoms. The molecular formula is C19H35N3O2. The van der Waals surface area contributed by atoms with Gasteiger partial charge >= 0.3 is 0 Å². The minimum absolute atomic E-state index is 0.0270. The predicted molar refractivity (Wildman–Crippen MR) is 96.6 cm³/mol. The molecule has 2 amide bonds. The summed E-state index contributed by atoms with van der Waals surface area (Å²) in [6.07, 6.45) is 7.96. The van der Waals surface area contributed by atoms with Crippen LogP contribution in [0.25, 0.3) is 0 Å². The number of nitrogens with zero attached hydrogens (tertiary/aromatic N) is 1. The molecule has 138 valence electrons. The summed E-state index contributed by atoms with van der Waals surface area (Å²) in [5.74, 6) is 1.04. The first-order valence-corrected chi connectivity index (χ1v) is 9.89.